The van der Waals surface area contributed by atoms with Crippen LogP contribution in [0.25, 0.3) is 83.3 Å². The van der Waals surface area contributed by atoms with Crippen molar-refractivity contribution in [2.24, 2.45) is 0 Å². The minimum Gasteiger partial charge on any atom is -0.457 e. The van der Waals surface area contributed by atoms with E-state index in [-0.39, 0.29) is 62.8 Å². The molecule has 394 valence electrons. The van der Waals surface area contributed by atoms with E-state index in [1.807, 2.05) is 126 Å². The minimum atomic E-state index is -0.598. The van der Waals surface area contributed by atoms with Crippen LogP contribution in [-0.2, 0) is 5.41 Å². The van der Waals surface area contributed by atoms with E-state index < -0.39 is 126 Å². The van der Waals surface area contributed by atoms with Crippen LogP contribution < -0.4 is 19.3 Å². The molecule has 0 spiro atoms. The maximum absolute atomic E-state index is 9.19. The summed E-state index contributed by atoms with van der Waals surface area (Å²) in [4.78, 5) is 8.72. The van der Waals surface area contributed by atoms with Gasteiger partial charge in [-0.05, 0) is 99.0 Å². The summed E-state index contributed by atoms with van der Waals surface area (Å²) in [6, 6.07) is 36.1. The fourth-order valence-corrected chi connectivity index (χ4v) is 10.7. The Morgan fingerprint density at radius 3 is 1.62 bits per heavy atom. The molecule has 14 rings (SSSR count). The van der Waals surface area contributed by atoms with E-state index in [0.29, 0.717) is 56.6 Å². The third-order valence-corrected chi connectivity index (χ3v) is 14.5. The normalized spacial score (nSPS) is 15.6. The number of anilines is 4. The summed E-state index contributed by atoms with van der Waals surface area (Å²) in [5.74, 6) is 1.53. The highest BCUT2D eigenvalue weighted by atomic mass is 16.5. The monoisotopic (exact) mass is 1080 g/mol. The lowest BCUT2D eigenvalue weighted by atomic mass is 9.83. The molecule has 0 radical (unpaired) electrons. The van der Waals surface area contributed by atoms with Crippen molar-refractivity contribution in [2.45, 2.75) is 26.2 Å². The first kappa shape index (κ1) is 32.6. The zero-order valence-electron chi connectivity index (χ0n) is 64.4. The van der Waals surface area contributed by atoms with Crippen molar-refractivity contribution in [1.29, 1.82) is 0 Å². The largest absolute Gasteiger partial charge is 0.457 e. The Morgan fingerprint density at radius 2 is 0.951 bits per heavy atom. The van der Waals surface area contributed by atoms with Gasteiger partial charge in [0.05, 0.1) is 55.5 Å². The first-order valence-electron chi connectivity index (χ1n) is 36.4. The van der Waals surface area contributed by atoms with Gasteiger partial charge in [-0.3, -0.25) is 4.57 Å². The predicted octanol–water partition coefficient (Wildman–Crippen LogP) is 20.6. The highest BCUT2D eigenvalue weighted by Gasteiger charge is 2.32. The summed E-state index contributed by atoms with van der Waals surface area (Å²) in [5.41, 5.74) is 4.87. The number of hydrogen-bond acceptors (Lipinski definition) is 5. The molecule has 1 aliphatic rings. The first-order valence-corrected chi connectivity index (χ1v) is 26.4. The molecular formula is C76H58N4O2. The molecule has 0 bridgehead atoms. The van der Waals surface area contributed by atoms with Crippen molar-refractivity contribution in [3.05, 3.63) is 290 Å². The number of pyridine rings is 1. The van der Waals surface area contributed by atoms with Crippen LogP contribution in [0.3, 0.4) is 0 Å². The number of hydrogen-bond donors (Lipinski definition) is 0. The van der Waals surface area contributed by atoms with E-state index in [9.17, 15) is 2.74 Å². The van der Waals surface area contributed by atoms with Crippen molar-refractivity contribution in [3.63, 3.8) is 0 Å². The highest BCUT2D eigenvalue weighted by Crippen LogP contribution is 2.51. The van der Waals surface area contributed by atoms with Gasteiger partial charge in [-0.25, -0.2) is 4.98 Å². The van der Waals surface area contributed by atoms with Crippen molar-refractivity contribution >= 4 is 44.6 Å². The molecule has 6 nitrogen and oxygen atoms in total. The van der Waals surface area contributed by atoms with Gasteiger partial charge in [-0.15, -0.1) is 0 Å². The molecule has 0 amide bonds. The average Bonchev–Trinajstić information content (AvgIpc) is 0.953. The van der Waals surface area contributed by atoms with Crippen LogP contribution in [0.15, 0.2) is 285 Å². The number of nitrogens with zero attached hydrogens (tertiary/aromatic N) is 4. The fraction of sp³-hybridized carbons (Fsp3) is 0.0658. The molecule has 0 fully saturated rings. The summed E-state index contributed by atoms with van der Waals surface area (Å²) in [7, 11) is 0. The quantitative estimate of drug-likeness (QED) is 0.122. The van der Waals surface area contributed by atoms with Crippen molar-refractivity contribution < 1.29 is 36.9 Å². The average molecular weight is 1080 g/mol. The third-order valence-electron chi connectivity index (χ3n) is 14.5. The van der Waals surface area contributed by atoms with Gasteiger partial charge in [0.25, 0.3) is 0 Å². The lowest BCUT2D eigenvalue weighted by Crippen LogP contribution is -2.24. The number of ether oxygens (including phenoxy) is 2. The van der Waals surface area contributed by atoms with E-state index in [2.05, 4.69) is 0 Å². The van der Waals surface area contributed by atoms with Crippen LogP contribution in [-0.4, -0.2) is 16.2 Å². The van der Waals surface area contributed by atoms with Gasteiger partial charge in [-0.1, -0.05) is 227 Å². The standard InChI is InChI=1S/C76H58N4O2/c1-76(2,3)58-46-56(52-23-8-4-9-24-52)45-57(47-58)66-37-22-36-65(55-29-14-7-15-30-55)75(66)82-62-43-44-77-73(50-62)80-69-38-17-16-33-67(69)68-42-41-61(49-72(68)80)81-60-32-20-31-59(48-60)78-51-79(71-40-19-18-39-70(71)78)74-63(53-25-10-5-11-26-53)34-21-35-64(74)54-27-12-6-13-28-54/h4-50H,51H2,1-3H3/i4D,5D,6D,7D,8D,9D,10D,11D,12D,13D,14D,15D,23D,24D,25D,26D,27D,28D,29D,30D. The predicted molar refractivity (Wildman–Crippen MR) is 340 cm³/mol. The molecule has 0 unspecified atom stereocenters. The smallest absolute Gasteiger partial charge is 0.143 e. The molecule has 1 aliphatic heterocycles. The Labute approximate surface area is 507 Å². The summed E-state index contributed by atoms with van der Waals surface area (Å²) >= 11 is 0. The van der Waals surface area contributed by atoms with Crippen molar-refractivity contribution in [1.82, 2.24) is 9.55 Å². The Bertz CT molecular complexity index is 5530. The Balaban J connectivity index is 0.864. The van der Waals surface area contributed by atoms with Gasteiger partial charge in [0, 0.05) is 63.1 Å². The second-order valence-corrected chi connectivity index (χ2v) is 20.5. The maximum Gasteiger partial charge on any atom is 0.143 e. The van der Waals surface area contributed by atoms with Gasteiger partial charge >= 0.3 is 0 Å². The lowest BCUT2D eigenvalue weighted by molar-refractivity contribution is 0.483. The van der Waals surface area contributed by atoms with Gasteiger partial charge in [0.2, 0.25) is 0 Å². The molecule has 2 aromatic heterocycles. The summed E-state index contributed by atoms with van der Waals surface area (Å²) in [6.07, 6.45) is 1.56. The SMILES string of the molecule is [2H]c1c([2H])c([2H])c(-c2cc(-c3cccc(-c4c([2H])c([2H])c([2H])c([2H])c4[2H])c3Oc3ccnc(-n4c5ccccc5c5ccc(Oc6cccc(N7CN(c8c(-c9c([2H])c([2H])c([2H])c([2H])c9[2H])cccc8-c8c([2H])c([2H])c([2H])c([2H])c8[2H])c8ccccc87)c6)cc54)c3)cc(C(C)(C)C)c2)c([2H])c1[2H]. The molecule has 6 heteroatoms. The molecule has 11 aromatic carbocycles. The van der Waals surface area contributed by atoms with Gasteiger partial charge in [-0.2, -0.15) is 0 Å². The number of para-hydroxylation sites is 5. The number of benzene rings is 11. The Kier molecular flexibility index (Phi) is 8.34. The second-order valence-electron chi connectivity index (χ2n) is 20.5. The molecule has 0 saturated carbocycles. The molecule has 0 N–H and O–H groups in total. The second kappa shape index (κ2) is 21.0. The molecule has 0 atom stereocenters. The zero-order valence-corrected chi connectivity index (χ0v) is 44.4. The number of rotatable bonds is 12. The van der Waals surface area contributed by atoms with Gasteiger partial charge < -0.3 is 19.3 Å². The third kappa shape index (κ3) is 9.40. The van der Waals surface area contributed by atoms with Crippen LogP contribution in [0.2, 0.25) is 0 Å². The van der Waals surface area contributed by atoms with E-state index in [0.717, 1.165) is 21.9 Å². The van der Waals surface area contributed by atoms with Gasteiger partial charge in [0.15, 0.2) is 0 Å². The minimum absolute atomic E-state index is 0.0177. The summed E-state index contributed by atoms with van der Waals surface area (Å²) in [5, 5.41) is 1.71. The molecule has 13 aromatic rings. The van der Waals surface area contributed by atoms with Crippen LogP contribution in [0.4, 0.5) is 22.7 Å². The van der Waals surface area contributed by atoms with Crippen molar-refractivity contribution in [2.75, 3.05) is 16.5 Å². The van der Waals surface area contributed by atoms with Crippen LogP contribution in [0, 0.1) is 0 Å². The van der Waals surface area contributed by atoms with Crippen molar-refractivity contribution in [3.8, 4) is 84.5 Å². The van der Waals surface area contributed by atoms with Crippen LogP contribution in [0.1, 0.15) is 53.7 Å². The van der Waals surface area contributed by atoms with E-state index in [4.69, 9.17) is 39.1 Å². The summed E-state index contributed by atoms with van der Waals surface area (Å²) in [6.45, 7) is 5.94. The van der Waals surface area contributed by atoms with E-state index in [1.54, 1.807) is 72.9 Å². The Hall–Kier alpha value is -10.4. The molecular weight excluding hydrogens is 1000 g/mol. The number of fused-ring (bicyclic) bond motifs is 4. The Morgan fingerprint density at radius 1 is 0.415 bits per heavy atom. The molecule has 3 heterocycles. The molecule has 0 saturated heterocycles. The zero-order chi connectivity index (χ0) is 72.6. The number of aromatic nitrogens is 2. The molecule has 82 heavy (non-hydrogen) atoms. The van der Waals surface area contributed by atoms with Crippen LogP contribution in [0.5, 0.6) is 23.0 Å². The van der Waals surface area contributed by atoms with E-state index >= 15 is 0 Å². The molecule has 0 aliphatic carbocycles. The fourth-order valence-electron chi connectivity index (χ4n) is 10.7. The van der Waals surface area contributed by atoms with Gasteiger partial charge in [0.1, 0.15) is 35.5 Å². The topological polar surface area (TPSA) is 42.8 Å². The highest BCUT2D eigenvalue weighted by molar-refractivity contribution is 6.09. The summed E-state index contributed by atoms with van der Waals surface area (Å²) < 4.78 is 192. The maximum atomic E-state index is 9.19. The first-order chi connectivity index (χ1) is 48.6. The lowest BCUT2D eigenvalue weighted by Gasteiger charge is -2.27. The van der Waals surface area contributed by atoms with Crippen LogP contribution >= 0.6 is 0 Å². The van der Waals surface area contributed by atoms with E-state index in [1.165, 1.54) is 0 Å².